The van der Waals surface area contributed by atoms with Gasteiger partial charge in [-0.2, -0.15) is 0 Å². The van der Waals surface area contributed by atoms with E-state index < -0.39 is 34.1 Å². The molecule has 1 N–H and O–H groups in total. The van der Waals surface area contributed by atoms with Crippen LogP contribution in [0.1, 0.15) is 57.2 Å². The van der Waals surface area contributed by atoms with Gasteiger partial charge in [-0.3, -0.25) is 13.9 Å². The van der Waals surface area contributed by atoms with Gasteiger partial charge in [-0.25, -0.2) is 8.42 Å². The average Bonchev–Trinajstić information content (AvgIpc) is 3.05. The molecule has 0 aliphatic heterocycles. The first-order valence-electron chi connectivity index (χ1n) is 15.7. The van der Waals surface area contributed by atoms with Gasteiger partial charge in [0, 0.05) is 18.5 Å². The number of anilines is 1. The Bertz CT molecular complexity index is 1740. The molecule has 0 aromatic heterocycles. The quantitative estimate of drug-likeness (QED) is 0.176. The van der Waals surface area contributed by atoms with Crippen molar-refractivity contribution in [3.63, 3.8) is 0 Å². The summed E-state index contributed by atoms with van der Waals surface area (Å²) in [4.78, 5) is 30.2. The van der Waals surface area contributed by atoms with E-state index in [0.717, 1.165) is 21.0 Å². The van der Waals surface area contributed by atoms with E-state index in [2.05, 4.69) is 19.2 Å². The summed E-state index contributed by atoms with van der Waals surface area (Å²) in [6.07, 6.45) is 0.229. The first-order valence-corrected chi connectivity index (χ1v) is 17.2. The Morgan fingerprint density at radius 2 is 1.40 bits per heavy atom. The highest BCUT2D eigenvalue weighted by Crippen LogP contribution is 2.27. The van der Waals surface area contributed by atoms with Crippen molar-refractivity contribution in [3.8, 4) is 5.75 Å². The molecule has 4 aromatic carbocycles. The van der Waals surface area contributed by atoms with Gasteiger partial charge in [0.05, 0.1) is 17.7 Å². The number of amides is 2. The Morgan fingerprint density at radius 1 is 0.809 bits per heavy atom. The Morgan fingerprint density at radius 3 is 1.98 bits per heavy atom. The van der Waals surface area contributed by atoms with Gasteiger partial charge in [0.1, 0.15) is 18.3 Å². The largest absolute Gasteiger partial charge is 0.497 e. The van der Waals surface area contributed by atoms with Crippen LogP contribution in [0, 0.1) is 0 Å². The highest BCUT2D eigenvalue weighted by Gasteiger charge is 2.35. The van der Waals surface area contributed by atoms with E-state index in [1.54, 1.807) is 43.5 Å². The van der Waals surface area contributed by atoms with Gasteiger partial charge < -0.3 is 15.0 Å². The van der Waals surface area contributed by atoms with Crippen LogP contribution < -0.4 is 14.4 Å². The number of ether oxygens (including phenoxy) is 1. The minimum Gasteiger partial charge on any atom is -0.497 e. The predicted molar refractivity (Wildman–Crippen MR) is 187 cm³/mol. The maximum absolute atomic E-state index is 14.6. The lowest BCUT2D eigenvalue weighted by Crippen LogP contribution is -2.56. The number of hydrogen-bond acceptors (Lipinski definition) is 5. The summed E-state index contributed by atoms with van der Waals surface area (Å²) in [5.74, 6) is -0.0166. The smallest absolute Gasteiger partial charge is 0.264 e. The van der Waals surface area contributed by atoms with Crippen LogP contribution in [-0.2, 0) is 32.6 Å². The Kier molecular flexibility index (Phi) is 11.5. The number of carbonyl (C=O) groups excluding carboxylic acids is 2. The molecule has 9 heteroatoms. The number of sulfonamides is 1. The Labute approximate surface area is 279 Å². The fourth-order valence-electron chi connectivity index (χ4n) is 5.25. The lowest BCUT2D eigenvalue weighted by molar-refractivity contribution is -0.140. The molecule has 248 valence electrons. The van der Waals surface area contributed by atoms with Crippen LogP contribution >= 0.6 is 0 Å². The van der Waals surface area contributed by atoms with Crippen LogP contribution in [0.3, 0.4) is 0 Å². The monoisotopic (exact) mass is 655 g/mol. The molecule has 0 aliphatic carbocycles. The van der Waals surface area contributed by atoms with Crippen LogP contribution in [0.5, 0.6) is 5.75 Å². The Balaban J connectivity index is 1.83. The average molecular weight is 656 g/mol. The van der Waals surface area contributed by atoms with Crippen molar-refractivity contribution in [1.82, 2.24) is 10.2 Å². The van der Waals surface area contributed by atoms with Crippen molar-refractivity contribution < 1.29 is 22.7 Å². The molecule has 0 heterocycles. The Hall–Kier alpha value is -4.63. The molecule has 0 spiro atoms. The lowest BCUT2D eigenvalue weighted by atomic mass is 10.0. The number of nitrogens with zero attached hydrogens (tertiary/aromatic N) is 2. The van der Waals surface area contributed by atoms with E-state index in [1.165, 1.54) is 17.0 Å². The third kappa shape index (κ3) is 9.45. The van der Waals surface area contributed by atoms with Gasteiger partial charge in [0.2, 0.25) is 11.8 Å². The van der Waals surface area contributed by atoms with Crippen molar-refractivity contribution in [2.45, 2.75) is 70.0 Å². The minimum absolute atomic E-state index is 0.0522. The number of rotatable bonds is 13. The van der Waals surface area contributed by atoms with E-state index in [1.807, 2.05) is 81.4 Å². The summed E-state index contributed by atoms with van der Waals surface area (Å²) in [5.41, 5.74) is 2.42. The number of methoxy groups -OCH3 is 1. The van der Waals surface area contributed by atoms with Crippen molar-refractivity contribution in [2.75, 3.05) is 18.0 Å². The zero-order valence-electron chi connectivity index (χ0n) is 28.0. The molecule has 0 unspecified atom stereocenters. The van der Waals surface area contributed by atoms with E-state index in [-0.39, 0.29) is 29.7 Å². The summed E-state index contributed by atoms with van der Waals surface area (Å²) in [6.45, 7) is 9.30. The molecule has 0 aliphatic rings. The van der Waals surface area contributed by atoms with Gasteiger partial charge in [0.15, 0.2) is 0 Å². The SMILES string of the molecule is COc1cccc(CN(C(=O)CN(c2ccc(C(C)C)cc2)S(=O)(=O)c2ccccc2)[C@@H](Cc2ccccc2)C(=O)NC(C)(C)C)c1. The van der Waals surface area contributed by atoms with Crippen LogP contribution in [0.15, 0.2) is 114 Å². The van der Waals surface area contributed by atoms with Gasteiger partial charge in [0.25, 0.3) is 10.0 Å². The van der Waals surface area contributed by atoms with Crippen LogP contribution in [0.2, 0.25) is 0 Å². The van der Waals surface area contributed by atoms with Crippen molar-refractivity contribution in [3.05, 3.63) is 126 Å². The van der Waals surface area contributed by atoms with E-state index in [0.29, 0.717) is 11.4 Å². The fraction of sp³-hybridized carbons (Fsp3) is 0.316. The van der Waals surface area contributed by atoms with Crippen LogP contribution in [-0.4, -0.2) is 50.4 Å². The standard InChI is InChI=1S/C38H45N3O5S/c1-28(2)31-20-22-32(23-21-31)41(47(44,45)34-18-11-8-12-19-34)27-36(42)40(26-30-16-13-17-33(24-30)46-6)35(37(43)39-38(3,4)5)25-29-14-9-7-10-15-29/h7-24,28,35H,25-27H2,1-6H3,(H,39,43)/t35-/m0/s1. The van der Waals surface area contributed by atoms with Crippen LogP contribution in [0.4, 0.5) is 5.69 Å². The van der Waals surface area contributed by atoms with E-state index in [4.69, 9.17) is 4.74 Å². The van der Waals surface area contributed by atoms with Crippen molar-refractivity contribution >= 4 is 27.5 Å². The zero-order chi connectivity index (χ0) is 34.2. The highest BCUT2D eigenvalue weighted by atomic mass is 32.2. The first-order chi connectivity index (χ1) is 22.3. The summed E-state index contributed by atoms with van der Waals surface area (Å²) in [5, 5.41) is 3.05. The van der Waals surface area contributed by atoms with Crippen LogP contribution in [0.25, 0.3) is 0 Å². The van der Waals surface area contributed by atoms with Crippen molar-refractivity contribution in [2.24, 2.45) is 0 Å². The predicted octanol–water partition coefficient (Wildman–Crippen LogP) is 6.57. The molecular weight excluding hydrogens is 611 g/mol. The molecule has 4 rings (SSSR count). The summed E-state index contributed by atoms with van der Waals surface area (Å²) in [6, 6.07) is 31.1. The summed E-state index contributed by atoms with van der Waals surface area (Å²) >= 11 is 0. The molecule has 0 saturated heterocycles. The topological polar surface area (TPSA) is 96.0 Å². The van der Waals surface area contributed by atoms with Gasteiger partial charge in [-0.15, -0.1) is 0 Å². The molecular formula is C38H45N3O5S. The molecule has 2 amide bonds. The minimum atomic E-state index is -4.17. The van der Waals surface area contributed by atoms with Gasteiger partial charge >= 0.3 is 0 Å². The van der Waals surface area contributed by atoms with E-state index >= 15 is 0 Å². The molecule has 47 heavy (non-hydrogen) atoms. The molecule has 4 aromatic rings. The second-order valence-electron chi connectivity index (χ2n) is 12.9. The summed E-state index contributed by atoms with van der Waals surface area (Å²) in [7, 11) is -2.60. The maximum Gasteiger partial charge on any atom is 0.264 e. The number of carbonyl (C=O) groups is 2. The molecule has 0 bridgehead atoms. The lowest BCUT2D eigenvalue weighted by Gasteiger charge is -2.35. The molecule has 1 atom stereocenters. The normalized spacial score (nSPS) is 12.3. The maximum atomic E-state index is 14.6. The third-order valence-electron chi connectivity index (χ3n) is 7.71. The van der Waals surface area contributed by atoms with Crippen molar-refractivity contribution in [1.29, 1.82) is 0 Å². The summed E-state index contributed by atoms with van der Waals surface area (Å²) < 4.78 is 35.0. The number of benzene rings is 4. The van der Waals surface area contributed by atoms with E-state index in [9.17, 15) is 18.0 Å². The highest BCUT2D eigenvalue weighted by molar-refractivity contribution is 7.92. The van der Waals surface area contributed by atoms with Gasteiger partial charge in [-0.05, 0) is 79.8 Å². The first kappa shape index (κ1) is 35.2. The zero-order valence-corrected chi connectivity index (χ0v) is 28.8. The number of hydrogen-bond donors (Lipinski definition) is 1. The fourth-order valence-corrected chi connectivity index (χ4v) is 6.68. The van der Waals surface area contributed by atoms with Gasteiger partial charge in [-0.1, -0.05) is 86.6 Å². The second kappa shape index (κ2) is 15.3. The second-order valence-corrected chi connectivity index (χ2v) is 14.8. The molecule has 0 saturated carbocycles. The molecule has 0 radical (unpaired) electrons. The molecule has 0 fully saturated rings. The third-order valence-corrected chi connectivity index (χ3v) is 9.50. The number of nitrogens with one attached hydrogen (secondary N) is 1. The molecule has 8 nitrogen and oxygen atoms in total.